The number of benzene rings is 1. The highest BCUT2D eigenvalue weighted by Gasteiger charge is 2.49. The summed E-state index contributed by atoms with van der Waals surface area (Å²) in [5.74, 6) is -2.79. The molecule has 1 aliphatic rings. The van der Waals surface area contributed by atoms with E-state index in [4.69, 9.17) is 9.47 Å². The number of rotatable bonds is 11. The molecule has 0 aliphatic carbocycles. The molecule has 0 aromatic heterocycles. The summed E-state index contributed by atoms with van der Waals surface area (Å²) in [5, 5.41) is 9.18. The normalized spacial score (nSPS) is 16.5. The molecule has 35 heavy (non-hydrogen) atoms. The Labute approximate surface area is 192 Å². The molecule has 1 unspecified atom stereocenters. The lowest BCUT2D eigenvalue weighted by Crippen LogP contribution is -2.42. The number of carbonyl (C=O) groups is 1. The first-order valence-corrected chi connectivity index (χ1v) is 9.50. The van der Waals surface area contributed by atoms with Gasteiger partial charge in [0.05, 0.1) is 12.7 Å². The maximum Gasteiger partial charge on any atom is 0.573 e. The van der Waals surface area contributed by atoms with Gasteiger partial charge >= 0.3 is 18.5 Å². The summed E-state index contributed by atoms with van der Waals surface area (Å²) in [7, 11) is 1.13. The van der Waals surface area contributed by atoms with E-state index in [0.717, 1.165) is 19.2 Å². The van der Waals surface area contributed by atoms with Crippen LogP contribution in [0.1, 0.15) is 18.1 Å². The number of hydrogen-bond acceptors (Lipinski definition) is 10. The molecule has 1 aromatic rings. The fraction of sp³-hybridized carbons (Fsp3) is 0.500. The molecule has 2 rings (SSSR count). The number of fused-ring (bicyclic) bond motifs is 1. The van der Waals surface area contributed by atoms with Gasteiger partial charge in [-0.2, -0.15) is 13.2 Å². The van der Waals surface area contributed by atoms with Crippen LogP contribution in [0.3, 0.4) is 0 Å². The van der Waals surface area contributed by atoms with Crippen molar-refractivity contribution in [1.82, 2.24) is 5.64 Å². The zero-order chi connectivity index (χ0) is 26.4. The topological polar surface area (TPSA) is 128 Å². The van der Waals surface area contributed by atoms with Crippen molar-refractivity contribution in [2.75, 3.05) is 20.3 Å². The summed E-state index contributed by atoms with van der Waals surface area (Å²) in [6.45, 7) is -0.117. The number of ether oxygens (including phenoxy) is 3. The van der Waals surface area contributed by atoms with Crippen LogP contribution in [0, 0.1) is 10.1 Å². The molecule has 0 saturated carbocycles. The lowest BCUT2D eigenvalue weighted by atomic mass is 9.97. The Morgan fingerprint density at radius 2 is 1.91 bits per heavy atom. The first-order chi connectivity index (χ1) is 16.2. The Bertz CT molecular complexity index is 952. The Balaban J connectivity index is 2.44. The number of nitrogens with zero attached hydrogens (tertiary/aromatic N) is 1. The minimum Gasteiger partial charge on any atom is -0.475 e. The minimum atomic E-state index is -5.14. The predicted octanol–water partition coefficient (Wildman–Crippen LogP) is 3.06. The smallest absolute Gasteiger partial charge is 0.475 e. The van der Waals surface area contributed by atoms with Crippen LogP contribution >= 0.6 is 0 Å². The second-order valence-electron chi connectivity index (χ2n) is 6.69. The van der Waals surface area contributed by atoms with Gasteiger partial charge in [-0.05, 0) is 30.2 Å². The van der Waals surface area contributed by atoms with Crippen molar-refractivity contribution in [2.45, 2.75) is 38.1 Å². The molecule has 1 N–H and O–H groups in total. The van der Waals surface area contributed by atoms with E-state index < -0.39 is 66.1 Å². The molecule has 1 aromatic carbocycles. The van der Waals surface area contributed by atoms with Crippen LogP contribution in [0.15, 0.2) is 17.7 Å². The first kappa shape index (κ1) is 27.9. The molecule has 1 heterocycles. The second kappa shape index (κ2) is 11.4. The molecule has 17 heteroatoms. The largest absolute Gasteiger partial charge is 0.573 e. The summed E-state index contributed by atoms with van der Waals surface area (Å²) in [4.78, 5) is 36.1. The highest BCUT2D eigenvalue weighted by atomic mass is 19.4. The van der Waals surface area contributed by atoms with Crippen LogP contribution in [-0.4, -0.2) is 56.1 Å². The molecule has 0 fully saturated rings. The number of aryl methyl sites for hydroxylation is 1. The summed E-state index contributed by atoms with van der Waals surface area (Å²) in [5.41, 5.74) is 0.365. The van der Waals surface area contributed by atoms with E-state index in [0.29, 0.717) is 6.08 Å². The van der Waals surface area contributed by atoms with Gasteiger partial charge in [-0.25, -0.2) is 4.79 Å². The Kier molecular flexibility index (Phi) is 9.11. The van der Waals surface area contributed by atoms with Gasteiger partial charge in [0.25, 0.3) is 5.09 Å². The zero-order valence-electron chi connectivity index (χ0n) is 17.9. The molecule has 0 amide bonds. The SMILES string of the molecule is CCc1cc(OC(F)(F)F)cc2c1O[C@H](C(F)(F)F)C(C(=O)OC(CONOC)CO[N+](=O)[O-])=C2. The number of halogens is 6. The van der Waals surface area contributed by atoms with Crippen molar-refractivity contribution < 1.29 is 64.9 Å². The van der Waals surface area contributed by atoms with E-state index in [1.807, 2.05) is 5.64 Å². The predicted molar refractivity (Wildman–Crippen MR) is 99.9 cm³/mol. The van der Waals surface area contributed by atoms with E-state index >= 15 is 0 Å². The van der Waals surface area contributed by atoms with Gasteiger partial charge in [0, 0.05) is 5.56 Å². The quantitative estimate of drug-likeness (QED) is 0.153. The molecule has 0 radical (unpaired) electrons. The van der Waals surface area contributed by atoms with Crippen molar-refractivity contribution in [3.63, 3.8) is 0 Å². The number of hydrogen-bond donors (Lipinski definition) is 1. The van der Waals surface area contributed by atoms with Crippen molar-refractivity contribution in [1.29, 1.82) is 0 Å². The van der Waals surface area contributed by atoms with Gasteiger partial charge in [-0.15, -0.1) is 23.3 Å². The molecule has 1 aliphatic heterocycles. The van der Waals surface area contributed by atoms with Gasteiger partial charge < -0.3 is 19.0 Å². The third-order valence-corrected chi connectivity index (χ3v) is 4.20. The lowest BCUT2D eigenvalue weighted by Gasteiger charge is -2.30. The maximum absolute atomic E-state index is 13.7. The van der Waals surface area contributed by atoms with E-state index in [1.165, 1.54) is 6.92 Å². The summed E-state index contributed by atoms with van der Waals surface area (Å²) >= 11 is 0. The summed E-state index contributed by atoms with van der Waals surface area (Å²) in [6, 6.07) is 1.60. The molecule has 0 spiro atoms. The fourth-order valence-corrected chi connectivity index (χ4v) is 2.89. The van der Waals surface area contributed by atoms with Gasteiger partial charge in [-0.3, -0.25) is 9.68 Å². The van der Waals surface area contributed by atoms with Crippen LogP contribution in [0.25, 0.3) is 6.08 Å². The standard InChI is InChI=1S/C18H18F6N2O9/c1-3-9-4-11(35-18(22,23)24)5-10-6-13(15(17(19,20)21)34-14(9)10)16(27)33-12(7-31-25-30-2)8-32-26(28)29/h4-6,12,15,25H,3,7-8H2,1-2H3/t12?,15-/m0/s1. The average molecular weight is 520 g/mol. The lowest BCUT2D eigenvalue weighted by molar-refractivity contribution is -0.759. The Morgan fingerprint density at radius 1 is 1.23 bits per heavy atom. The highest BCUT2D eigenvalue weighted by Crippen LogP contribution is 2.42. The maximum atomic E-state index is 13.7. The second-order valence-corrected chi connectivity index (χ2v) is 6.69. The molecule has 196 valence electrons. The van der Waals surface area contributed by atoms with E-state index in [9.17, 15) is 41.3 Å². The number of nitrogens with one attached hydrogen (secondary N) is 1. The van der Waals surface area contributed by atoms with Crippen LogP contribution in [0.4, 0.5) is 26.3 Å². The minimum absolute atomic E-state index is 0.0280. The van der Waals surface area contributed by atoms with Gasteiger partial charge in [0.1, 0.15) is 24.7 Å². The molecular formula is C18H18F6N2O9. The molecule has 2 atom stereocenters. The first-order valence-electron chi connectivity index (χ1n) is 9.50. The van der Waals surface area contributed by atoms with Crippen LogP contribution < -0.4 is 15.1 Å². The Hall–Kier alpha value is -3.31. The summed E-state index contributed by atoms with van der Waals surface area (Å²) in [6.07, 6.45) is -14.1. The van der Waals surface area contributed by atoms with E-state index in [2.05, 4.69) is 19.2 Å². The van der Waals surface area contributed by atoms with E-state index in [-0.39, 0.29) is 17.5 Å². The van der Waals surface area contributed by atoms with Gasteiger partial charge in [-0.1, -0.05) is 12.6 Å². The van der Waals surface area contributed by atoms with Crippen molar-refractivity contribution >= 4 is 12.0 Å². The average Bonchev–Trinajstić information content (AvgIpc) is 2.74. The van der Waals surface area contributed by atoms with Crippen LogP contribution in [0.5, 0.6) is 11.5 Å². The van der Waals surface area contributed by atoms with E-state index in [1.54, 1.807) is 0 Å². The highest BCUT2D eigenvalue weighted by molar-refractivity contribution is 5.96. The third-order valence-electron chi connectivity index (χ3n) is 4.20. The van der Waals surface area contributed by atoms with Crippen molar-refractivity contribution in [3.05, 3.63) is 38.9 Å². The fourth-order valence-electron chi connectivity index (χ4n) is 2.89. The number of carbonyl (C=O) groups excluding carboxylic acids is 1. The van der Waals surface area contributed by atoms with Crippen LogP contribution in [0.2, 0.25) is 0 Å². The van der Waals surface area contributed by atoms with Crippen molar-refractivity contribution in [2.24, 2.45) is 0 Å². The number of esters is 1. The van der Waals surface area contributed by atoms with Crippen molar-refractivity contribution in [3.8, 4) is 11.5 Å². The molecule has 0 saturated heterocycles. The molecule has 11 nitrogen and oxygen atoms in total. The molecule has 0 bridgehead atoms. The Morgan fingerprint density at radius 3 is 2.46 bits per heavy atom. The van der Waals surface area contributed by atoms with Crippen LogP contribution in [-0.2, 0) is 30.5 Å². The zero-order valence-corrected chi connectivity index (χ0v) is 17.9. The third kappa shape index (κ3) is 8.15. The summed E-state index contributed by atoms with van der Waals surface area (Å²) < 4.78 is 92.8. The number of alkyl halides is 6. The monoisotopic (exact) mass is 520 g/mol. The van der Waals surface area contributed by atoms with Gasteiger partial charge in [0.2, 0.25) is 6.10 Å². The molecular weight excluding hydrogens is 502 g/mol. The van der Waals surface area contributed by atoms with Gasteiger partial charge in [0.15, 0.2) is 6.10 Å².